The number of benzene rings is 1. The largest absolute Gasteiger partial charge is 0.399 e. The summed E-state index contributed by atoms with van der Waals surface area (Å²) in [6.45, 7) is 3.69. The molecule has 1 aromatic carbocycles. The minimum Gasteiger partial charge on any atom is -0.399 e. The van der Waals surface area contributed by atoms with Gasteiger partial charge in [0.25, 0.3) is 5.69 Å². The number of nitrogens with two attached hydrogens (primary N) is 1. The number of nitrogens with zero attached hydrogens (tertiary/aromatic N) is 2. The van der Waals surface area contributed by atoms with Crippen LogP contribution in [0.25, 0.3) is 0 Å². The van der Waals surface area contributed by atoms with Crippen LogP contribution in [0.1, 0.15) is 13.8 Å². The molecule has 0 radical (unpaired) electrons. The van der Waals surface area contributed by atoms with Gasteiger partial charge in [0.05, 0.1) is 11.5 Å². The Morgan fingerprint density at radius 2 is 2.05 bits per heavy atom. The lowest BCUT2D eigenvalue weighted by molar-refractivity contribution is -0.387. The van der Waals surface area contributed by atoms with Crippen LogP contribution in [0.4, 0.5) is 11.4 Å². The van der Waals surface area contributed by atoms with Crippen molar-refractivity contribution in [1.82, 2.24) is 4.31 Å². The maximum Gasteiger partial charge on any atom is 0.291 e. The van der Waals surface area contributed by atoms with Crippen LogP contribution in [0.5, 0.6) is 0 Å². The molecule has 0 aliphatic carbocycles. The first-order valence-corrected chi connectivity index (χ1v) is 7.70. The molecule has 0 unspecified atom stereocenters. The van der Waals surface area contributed by atoms with Crippen LogP contribution in [0.15, 0.2) is 23.1 Å². The Morgan fingerprint density at radius 3 is 2.52 bits per heavy atom. The summed E-state index contributed by atoms with van der Waals surface area (Å²) >= 11 is 0. The Labute approximate surface area is 123 Å². The molecular formula is C12H19N3O5S. The lowest BCUT2D eigenvalue weighted by Crippen LogP contribution is -2.39. The zero-order valence-electron chi connectivity index (χ0n) is 12.1. The van der Waals surface area contributed by atoms with E-state index in [2.05, 4.69) is 0 Å². The van der Waals surface area contributed by atoms with Crippen LogP contribution in [-0.2, 0) is 14.8 Å². The van der Waals surface area contributed by atoms with Crippen molar-refractivity contribution < 1.29 is 18.1 Å². The zero-order chi connectivity index (χ0) is 16.2. The van der Waals surface area contributed by atoms with Gasteiger partial charge in [0, 0.05) is 31.5 Å². The van der Waals surface area contributed by atoms with Gasteiger partial charge in [-0.05, 0) is 26.0 Å². The second-order valence-electron chi connectivity index (χ2n) is 4.69. The van der Waals surface area contributed by atoms with Crippen LogP contribution in [0, 0.1) is 10.1 Å². The first-order chi connectivity index (χ1) is 9.71. The lowest BCUT2D eigenvalue weighted by atomic mass is 10.3. The SMILES string of the molecule is COCCN(C(C)C)S(=O)(=O)c1ccc(N)cc1[N+](=O)[O-]. The van der Waals surface area contributed by atoms with E-state index in [4.69, 9.17) is 10.5 Å². The van der Waals surface area contributed by atoms with E-state index in [0.29, 0.717) is 0 Å². The van der Waals surface area contributed by atoms with Gasteiger partial charge in [0.2, 0.25) is 10.0 Å². The van der Waals surface area contributed by atoms with Gasteiger partial charge in [0.15, 0.2) is 4.90 Å². The molecule has 1 rings (SSSR count). The molecule has 9 heteroatoms. The molecule has 0 amide bonds. The molecule has 0 fully saturated rings. The van der Waals surface area contributed by atoms with Crippen molar-refractivity contribution in [3.05, 3.63) is 28.3 Å². The number of nitrogen functional groups attached to an aromatic ring is 1. The van der Waals surface area contributed by atoms with E-state index in [-0.39, 0.29) is 29.8 Å². The molecule has 1 aromatic rings. The topological polar surface area (TPSA) is 116 Å². The average Bonchev–Trinajstić information content (AvgIpc) is 2.37. The third-order valence-corrected chi connectivity index (χ3v) is 4.98. The van der Waals surface area contributed by atoms with E-state index in [0.717, 1.165) is 16.4 Å². The average molecular weight is 317 g/mol. The summed E-state index contributed by atoms with van der Waals surface area (Å²) in [5.74, 6) is 0. The van der Waals surface area contributed by atoms with Crippen molar-refractivity contribution >= 4 is 21.4 Å². The monoisotopic (exact) mass is 317 g/mol. The third kappa shape index (κ3) is 3.90. The summed E-state index contributed by atoms with van der Waals surface area (Å²) in [4.78, 5) is 9.95. The van der Waals surface area contributed by atoms with E-state index in [1.165, 1.54) is 13.2 Å². The van der Waals surface area contributed by atoms with E-state index in [1.807, 2.05) is 0 Å². The summed E-state index contributed by atoms with van der Waals surface area (Å²) in [6.07, 6.45) is 0. The molecule has 118 valence electrons. The van der Waals surface area contributed by atoms with Crippen molar-refractivity contribution in [1.29, 1.82) is 0 Å². The summed E-state index contributed by atoms with van der Waals surface area (Å²) in [5, 5.41) is 11.1. The predicted octanol–water partition coefficient (Wildman–Crippen LogP) is 1.22. The Hall–Kier alpha value is -1.71. The number of nitro groups is 1. The first-order valence-electron chi connectivity index (χ1n) is 6.26. The quantitative estimate of drug-likeness (QED) is 0.459. The molecule has 0 aliphatic heterocycles. The fraction of sp³-hybridized carbons (Fsp3) is 0.500. The minimum atomic E-state index is -4.01. The number of hydrogen-bond acceptors (Lipinski definition) is 6. The number of rotatable bonds is 7. The van der Waals surface area contributed by atoms with Crippen LogP contribution >= 0.6 is 0 Å². The summed E-state index contributed by atoms with van der Waals surface area (Å²) in [5.41, 5.74) is 5.10. The molecule has 0 heterocycles. The molecule has 0 saturated heterocycles. The fourth-order valence-corrected chi connectivity index (χ4v) is 3.62. The van der Waals surface area contributed by atoms with Gasteiger partial charge in [-0.15, -0.1) is 0 Å². The predicted molar refractivity (Wildman–Crippen MR) is 78.4 cm³/mol. The Morgan fingerprint density at radius 1 is 1.43 bits per heavy atom. The fourth-order valence-electron chi connectivity index (χ4n) is 1.86. The zero-order valence-corrected chi connectivity index (χ0v) is 13.0. The normalized spacial score (nSPS) is 12.0. The van der Waals surface area contributed by atoms with Gasteiger partial charge < -0.3 is 10.5 Å². The van der Waals surface area contributed by atoms with Gasteiger partial charge in [0.1, 0.15) is 0 Å². The van der Waals surface area contributed by atoms with Gasteiger partial charge in [-0.1, -0.05) is 0 Å². The highest BCUT2D eigenvalue weighted by atomic mass is 32.2. The van der Waals surface area contributed by atoms with Crippen LogP contribution in [-0.4, -0.2) is 43.9 Å². The van der Waals surface area contributed by atoms with Crippen molar-refractivity contribution in [2.24, 2.45) is 0 Å². The van der Waals surface area contributed by atoms with Crippen molar-refractivity contribution in [2.45, 2.75) is 24.8 Å². The van der Waals surface area contributed by atoms with E-state index < -0.39 is 20.6 Å². The maximum atomic E-state index is 12.6. The smallest absolute Gasteiger partial charge is 0.291 e. The molecule has 0 aromatic heterocycles. The highest BCUT2D eigenvalue weighted by Crippen LogP contribution is 2.29. The highest BCUT2D eigenvalue weighted by molar-refractivity contribution is 7.89. The van der Waals surface area contributed by atoms with Gasteiger partial charge in [-0.3, -0.25) is 10.1 Å². The second kappa shape index (κ2) is 6.83. The molecule has 0 spiro atoms. The molecule has 21 heavy (non-hydrogen) atoms. The number of hydrogen-bond donors (Lipinski definition) is 1. The molecule has 2 N–H and O–H groups in total. The van der Waals surface area contributed by atoms with E-state index >= 15 is 0 Å². The second-order valence-corrected chi connectivity index (χ2v) is 6.55. The van der Waals surface area contributed by atoms with Crippen molar-refractivity contribution in [3.63, 3.8) is 0 Å². The number of ether oxygens (including phenoxy) is 1. The van der Waals surface area contributed by atoms with Crippen LogP contribution in [0.3, 0.4) is 0 Å². The third-order valence-electron chi connectivity index (χ3n) is 2.86. The Bertz CT molecular complexity index is 615. The number of sulfonamides is 1. The van der Waals surface area contributed by atoms with E-state index in [9.17, 15) is 18.5 Å². The molecule has 0 aliphatic rings. The molecule has 0 bridgehead atoms. The number of nitro benzene ring substituents is 1. The highest BCUT2D eigenvalue weighted by Gasteiger charge is 2.33. The lowest BCUT2D eigenvalue weighted by Gasteiger charge is -2.25. The molecule has 0 saturated carbocycles. The maximum absolute atomic E-state index is 12.6. The standard InChI is InChI=1S/C12H19N3O5S/c1-9(2)14(6-7-20-3)21(18,19)12-5-4-10(13)8-11(12)15(16)17/h4-5,8-9H,6-7,13H2,1-3H3. The van der Waals surface area contributed by atoms with E-state index in [1.54, 1.807) is 13.8 Å². The van der Waals surface area contributed by atoms with Gasteiger partial charge in [-0.25, -0.2) is 8.42 Å². The van der Waals surface area contributed by atoms with Gasteiger partial charge >= 0.3 is 0 Å². The molecule has 0 atom stereocenters. The van der Waals surface area contributed by atoms with Crippen LogP contribution < -0.4 is 5.73 Å². The van der Waals surface area contributed by atoms with Gasteiger partial charge in [-0.2, -0.15) is 4.31 Å². The van der Waals surface area contributed by atoms with Crippen LogP contribution in [0.2, 0.25) is 0 Å². The Kier molecular flexibility index (Phi) is 5.64. The number of methoxy groups -OCH3 is 1. The minimum absolute atomic E-state index is 0.109. The summed E-state index contributed by atoms with van der Waals surface area (Å²) < 4.78 is 31.3. The summed E-state index contributed by atoms with van der Waals surface area (Å²) in [7, 11) is -2.55. The summed E-state index contributed by atoms with van der Waals surface area (Å²) in [6, 6.07) is 3.17. The molecular weight excluding hydrogens is 298 g/mol. The first kappa shape index (κ1) is 17.3. The van der Waals surface area contributed by atoms with Crippen molar-refractivity contribution in [3.8, 4) is 0 Å². The Balaban J connectivity index is 3.37. The van der Waals surface area contributed by atoms with Crippen molar-refractivity contribution in [2.75, 3.05) is 26.0 Å². The number of anilines is 1. The molecule has 8 nitrogen and oxygen atoms in total.